The summed E-state index contributed by atoms with van der Waals surface area (Å²) in [6, 6.07) is 10.8. The van der Waals surface area contributed by atoms with Crippen LogP contribution in [0.3, 0.4) is 0 Å². The molecule has 0 atom stereocenters. The zero-order valence-corrected chi connectivity index (χ0v) is 17.8. The lowest BCUT2D eigenvalue weighted by atomic mass is 9.94. The zero-order valence-electron chi connectivity index (χ0n) is 17.8. The van der Waals surface area contributed by atoms with Gasteiger partial charge in [0.25, 0.3) is 5.91 Å². The summed E-state index contributed by atoms with van der Waals surface area (Å²) in [6.07, 6.45) is -2.20. The third-order valence-electron chi connectivity index (χ3n) is 5.43. The minimum absolute atomic E-state index is 0.135. The maximum atomic E-state index is 12.9. The number of alkyl halides is 3. The first-order valence-electron chi connectivity index (χ1n) is 10.3. The summed E-state index contributed by atoms with van der Waals surface area (Å²) < 4.78 is 44.8. The lowest BCUT2D eigenvalue weighted by Crippen LogP contribution is -2.36. The Morgan fingerprint density at radius 1 is 1.06 bits per heavy atom. The second-order valence-corrected chi connectivity index (χ2v) is 7.74. The fourth-order valence-corrected chi connectivity index (χ4v) is 3.71. The number of nitrogens with zero attached hydrogens (tertiary/aromatic N) is 4. The Morgan fingerprint density at radius 2 is 1.79 bits per heavy atom. The summed E-state index contributed by atoms with van der Waals surface area (Å²) in [5.74, 6) is -0.659. The van der Waals surface area contributed by atoms with Crippen LogP contribution in [-0.4, -0.2) is 44.9 Å². The highest BCUT2D eigenvalue weighted by molar-refractivity contribution is 5.92. The van der Waals surface area contributed by atoms with Gasteiger partial charge >= 0.3 is 12.1 Å². The van der Waals surface area contributed by atoms with Crippen LogP contribution in [0.2, 0.25) is 0 Å². The van der Waals surface area contributed by atoms with E-state index in [9.17, 15) is 22.8 Å². The van der Waals surface area contributed by atoms with Crippen LogP contribution in [0.5, 0.6) is 0 Å². The molecular weight excluding hydrogens is 437 g/mol. The largest absolute Gasteiger partial charge is 0.464 e. The van der Waals surface area contributed by atoms with E-state index in [0.29, 0.717) is 31.6 Å². The van der Waals surface area contributed by atoms with Gasteiger partial charge in [-0.15, -0.1) is 5.10 Å². The van der Waals surface area contributed by atoms with E-state index < -0.39 is 17.7 Å². The molecule has 0 fully saturated rings. The Bertz CT molecular complexity index is 1170. The number of ether oxygens (including phenoxy) is 1. The molecule has 7 nitrogen and oxygen atoms in total. The maximum absolute atomic E-state index is 12.9. The topological polar surface area (TPSA) is 77.3 Å². The lowest BCUT2D eigenvalue weighted by Gasteiger charge is -2.28. The molecule has 2 aromatic carbocycles. The molecule has 1 amide bonds. The predicted octanol–water partition coefficient (Wildman–Crippen LogP) is 3.73. The predicted molar refractivity (Wildman–Crippen MR) is 112 cm³/mol. The van der Waals surface area contributed by atoms with Crippen molar-refractivity contribution >= 4 is 11.9 Å². The molecule has 3 aromatic rings. The number of fused-ring (bicyclic) bond motifs is 1. The molecule has 1 aliphatic heterocycles. The summed E-state index contributed by atoms with van der Waals surface area (Å²) in [7, 11) is 0. The smallest absolute Gasteiger partial charge is 0.416 e. The molecule has 0 unspecified atom stereocenters. The minimum atomic E-state index is -4.38. The standard InChI is InChI=1S/C23H21F3N4O3/c1-15(31)33-11-10-30-14-21(27-28-30)22(32)29-9-8-17-2-3-18(12-19(17)13-29)16-4-6-20(7-5-16)23(24,25)26/h2-7,12,14H,8-11,13H2,1H3. The molecule has 33 heavy (non-hydrogen) atoms. The molecule has 1 aromatic heterocycles. The average Bonchev–Trinajstić information content (AvgIpc) is 3.26. The summed E-state index contributed by atoms with van der Waals surface area (Å²) in [6.45, 7) is 2.62. The Balaban J connectivity index is 1.46. The molecular formula is C23H21F3N4O3. The first-order chi connectivity index (χ1) is 15.7. The van der Waals surface area contributed by atoms with Gasteiger partial charge in [0.1, 0.15) is 6.61 Å². The molecule has 2 heterocycles. The Labute approximate surface area is 187 Å². The normalized spacial score (nSPS) is 13.5. The van der Waals surface area contributed by atoms with Crippen molar-refractivity contribution in [2.75, 3.05) is 13.2 Å². The third kappa shape index (κ3) is 5.21. The fraction of sp³-hybridized carbons (Fsp3) is 0.304. The van der Waals surface area contributed by atoms with Gasteiger partial charge in [0.05, 0.1) is 18.3 Å². The molecule has 0 radical (unpaired) electrons. The van der Waals surface area contributed by atoms with Gasteiger partial charge < -0.3 is 9.64 Å². The van der Waals surface area contributed by atoms with Gasteiger partial charge in [-0.3, -0.25) is 9.59 Å². The second kappa shape index (κ2) is 9.05. The highest BCUT2D eigenvalue weighted by atomic mass is 19.4. The average molecular weight is 458 g/mol. The zero-order chi connectivity index (χ0) is 23.6. The number of rotatable bonds is 5. The van der Waals surface area contributed by atoms with Crippen LogP contribution in [-0.2, 0) is 35.2 Å². The number of aromatic nitrogens is 3. The highest BCUT2D eigenvalue weighted by Gasteiger charge is 2.30. The van der Waals surface area contributed by atoms with Crippen LogP contribution < -0.4 is 0 Å². The number of halogens is 3. The Hall–Kier alpha value is -3.69. The summed E-state index contributed by atoms with van der Waals surface area (Å²) in [5.41, 5.74) is 2.99. The van der Waals surface area contributed by atoms with Gasteiger partial charge in [-0.2, -0.15) is 13.2 Å². The van der Waals surface area contributed by atoms with Crippen LogP contribution in [0, 0.1) is 0 Å². The number of carbonyl (C=O) groups excluding carboxylic acids is 2. The first-order valence-corrected chi connectivity index (χ1v) is 10.3. The van der Waals surface area contributed by atoms with E-state index in [0.717, 1.165) is 28.8 Å². The molecule has 10 heteroatoms. The molecule has 1 aliphatic rings. The first kappa shape index (κ1) is 22.5. The van der Waals surface area contributed by atoms with Gasteiger partial charge in [-0.25, -0.2) is 4.68 Å². The molecule has 0 bridgehead atoms. The van der Waals surface area contributed by atoms with Crippen molar-refractivity contribution in [2.45, 2.75) is 32.6 Å². The van der Waals surface area contributed by atoms with Crippen LogP contribution in [0.4, 0.5) is 13.2 Å². The monoisotopic (exact) mass is 458 g/mol. The van der Waals surface area contributed by atoms with E-state index in [1.54, 1.807) is 4.90 Å². The number of carbonyl (C=O) groups is 2. The van der Waals surface area contributed by atoms with E-state index in [4.69, 9.17) is 4.74 Å². The van der Waals surface area contributed by atoms with Gasteiger partial charge in [0.2, 0.25) is 0 Å². The third-order valence-corrected chi connectivity index (χ3v) is 5.43. The van der Waals surface area contributed by atoms with Crippen LogP contribution in [0.1, 0.15) is 34.1 Å². The van der Waals surface area contributed by atoms with Gasteiger partial charge in [0.15, 0.2) is 5.69 Å². The van der Waals surface area contributed by atoms with Crippen molar-refractivity contribution in [1.82, 2.24) is 19.9 Å². The van der Waals surface area contributed by atoms with E-state index in [1.807, 2.05) is 18.2 Å². The molecule has 0 aliphatic carbocycles. The maximum Gasteiger partial charge on any atom is 0.416 e. The minimum Gasteiger partial charge on any atom is -0.464 e. The molecule has 0 saturated carbocycles. The SMILES string of the molecule is CC(=O)OCCn1cc(C(=O)N2CCc3ccc(-c4ccc(C(F)(F)F)cc4)cc3C2)nn1. The van der Waals surface area contributed by atoms with E-state index >= 15 is 0 Å². The van der Waals surface area contributed by atoms with Crippen LogP contribution in [0.25, 0.3) is 11.1 Å². The number of amides is 1. The van der Waals surface area contributed by atoms with E-state index in [-0.39, 0.29) is 18.2 Å². The van der Waals surface area contributed by atoms with Gasteiger partial charge in [0, 0.05) is 20.0 Å². The molecule has 0 saturated heterocycles. The van der Waals surface area contributed by atoms with Crippen molar-refractivity contribution < 1.29 is 27.5 Å². The van der Waals surface area contributed by atoms with E-state index in [2.05, 4.69) is 10.3 Å². The van der Waals surface area contributed by atoms with Crippen LogP contribution >= 0.6 is 0 Å². The van der Waals surface area contributed by atoms with Crippen LogP contribution in [0.15, 0.2) is 48.7 Å². The van der Waals surface area contributed by atoms with Crippen molar-refractivity contribution in [3.8, 4) is 11.1 Å². The second-order valence-electron chi connectivity index (χ2n) is 7.74. The quantitative estimate of drug-likeness (QED) is 0.545. The highest BCUT2D eigenvalue weighted by Crippen LogP contribution is 2.32. The van der Waals surface area contributed by atoms with Gasteiger partial charge in [-0.1, -0.05) is 29.5 Å². The number of benzene rings is 2. The Kier molecular flexibility index (Phi) is 6.17. The molecule has 172 valence electrons. The fourth-order valence-electron chi connectivity index (χ4n) is 3.71. The van der Waals surface area contributed by atoms with Crippen molar-refractivity contribution in [2.24, 2.45) is 0 Å². The lowest BCUT2D eigenvalue weighted by molar-refractivity contribution is -0.141. The number of esters is 1. The van der Waals surface area contributed by atoms with Gasteiger partial charge in [-0.05, 0) is 46.9 Å². The number of hydrogen-bond acceptors (Lipinski definition) is 5. The van der Waals surface area contributed by atoms with Crippen molar-refractivity contribution in [1.29, 1.82) is 0 Å². The van der Waals surface area contributed by atoms with Crippen molar-refractivity contribution in [3.63, 3.8) is 0 Å². The summed E-state index contributed by atoms with van der Waals surface area (Å²) in [5, 5.41) is 7.83. The summed E-state index contributed by atoms with van der Waals surface area (Å²) >= 11 is 0. The van der Waals surface area contributed by atoms with Crippen molar-refractivity contribution in [3.05, 3.63) is 71.0 Å². The number of hydrogen-bond donors (Lipinski definition) is 0. The summed E-state index contributed by atoms with van der Waals surface area (Å²) in [4.78, 5) is 25.4. The van der Waals surface area contributed by atoms with E-state index in [1.165, 1.54) is 29.9 Å². The molecule has 4 rings (SSSR count). The molecule has 0 N–H and O–H groups in total. The Morgan fingerprint density at radius 3 is 2.48 bits per heavy atom. The molecule has 0 spiro atoms.